The lowest BCUT2D eigenvalue weighted by Crippen LogP contribution is -2.30. The lowest BCUT2D eigenvalue weighted by atomic mass is 10.0. The molecule has 0 saturated heterocycles. The zero-order valence-electron chi connectivity index (χ0n) is 48.5. The molecule has 0 amide bonds. The molecule has 0 fully saturated rings. The molecule has 6 nitrogen and oxygen atoms in total. The average Bonchev–Trinajstić information content (AvgIpc) is 3.37. The van der Waals surface area contributed by atoms with Gasteiger partial charge in [0, 0.05) is 19.3 Å². The van der Waals surface area contributed by atoms with Gasteiger partial charge in [0.05, 0.1) is 0 Å². The highest BCUT2D eigenvalue weighted by atomic mass is 16.6. The SMILES string of the molecule is CCCCCCCCCCCCCCCCCCCCCCCCCC(=O)OCC(COC(=O)CCCCCCCCCCCC)OC(=O)CCCCCCCCCCCCCCCCCCCCCC. The Morgan fingerprint density at radius 3 is 0.563 bits per heavy atom. The molecule has 0 aliphatic heterocycles. The van der Waals surface area contributed by atoms with Crippen molar-refractivity contribution in [2.45, 2.75) is 386 Å². The van der Waals surface area contributed by atoms with Crippen LogP contribution in [0.25, 0.3) is 0 Å². The van der Waals surface area contributed by atoms with E-state index in [-0.39, 0.29) is 31.1 Å². The molecule has 0 aliphatic carbocycles. The Labute approximate surface area is 444 Å². The van der Waals surface area contributed by atoms with Crippen LogP contribution in [0, 0.1) is 0 Å². The average molecular weight is 1000 g/mol. The standard InChI is InChI=1S/C65H126O6/c1-4-7-10-13-16-19-22-24-26-28-30-32-33-34-36-37-39-41-43-46-49-52-55-58-64(67)70-61-62(60-69-63(66)57-54-51-48-45-21-18-15-12-9-6-3)71-65(68)59-56-53-50-47-44-42-40-38-35-31-29-27-25-23-20-17-14-11-8-5-2/h62H,4-61H2,1-3H3. The van der Waals surface area contributed by atoms with Gasteiger partial charge in [-0.15, -0.1) is 0 Å². The van der Waals surface area contributed by atoms with Gasteiger partial charge in [-0.25, -0.2) is 0 Å². The summed E-state index contributed by atoms with van der Waals surface area (Å²) < 4.78 is 16.9. The Hall–Kier alpha value is -1.59. The van der Waals surface area contributed by atoms with Crippen molar-refractivity contribution in [3.63, 3.8) is 0 Å². The van der Waals surface area contributed by atoms with E-state index in [1.807, 2.05) is 0 Å². The van der Waals surface area contributed by atoms with Crippen molar-refractivity contribution < 1.29 is 28.6 Å². The van der Waals surface area contributed by atoms with Crippen LogP contribution in [0.2, 0.25) is 0 Å². The molecule has 0 aliphatic rings. The van der Waals surface area contributed by atoms with E-state index < -0.39 is 6.10 Å². The maximum atomic E-state index is 12.9. The second-order valence-corrected chi connectivity index (χ2v) is 22.4. The van der Waals surface area contributed by atoms with E-state index in [1.54, 1.807) is 0 Å². The molecule has 0 bridgehead atoms. The Kier molecular flexibility index (Phi) is 59.6. The van der Waals surface area contributed by atoms with Gasteiger partial charge >= 0.3 is 17.9 Å². The first-order chi connectivity index (χ1) is 35.0. The maximum Gasteiger partial charge on any atom is 0.306 e. The smallest absolute Gasteiger partial charge is 0.306 e. The number of hydrogen-bond donors (Lipinski definition) is 0. The molecule has 0 radical (unpaired) electrons. The summed E-state index contributed by atoms with van der Waals surface area (Å²) in [4.78, 5) is 38.2. The predicted molar refractivity (Wildman–Crippen MR) is 307 cm³/mol. The molecule has 0 aromatic rings. The Morgan fingerprint density at radius 2 is 0.380 bits per heavy atom. The van der Waals surface area contributed by atoms with E-state index in [0.29, 0.717) is 19.3 Å². The lowest BCUT2D eigenvalue weighted by Gasteiger charge is -2.18. The molecule has 1 unspecified atom stereocenters. The van der Waals surface area contributed by atoms with Crippen LogP contribution in [-0.2, 0) is 28.6 Å². The van der Waals surface area contributed by atoms with Gasteiger partial charge in [0.1, 0.15) is 13.2 Å². The van der Waals surface area contributed by atoms with Crippen LogP contribution >= 0.6 is 0 Å². The molecule has 0 rings (SSSR count). The highest BCUT2D eigenvalue weighted by Crippen LogP contribution is 2.19. The van der Waals surface area contributed by atoms with E-state index in [0.717, 1.165) is 57.8 Å². The van der Waals surface area contributed by atoms with Gasteiger partial charge in [-0.3, -0.25) is 14.4 Å². The summed E-state index contributed by atoms with van der Waals surface area (Å²) in [6.45, 7) is 6.71. The van der Waals surface area contributed by atoms with Gasteiger partial charge in [-0.05, 0) is 19.3 Å². The molecule has 1 atom stereocenters. The first-order valence-corrected chi connectivity index (χ1v) is 32.5. The summed E-state index contributed by atoms with van der Waals surface area (Å²) in [5, 5.41) is 0. The van der Waals surface area contributed by atoms with Crippen molar-refractivity contribution in [2.24, 2.45) is 0 Å². The monoisotopic (exact) mass is 1000 g/mol. The molecule has 422 valence electrons. The van der Waals surface area contributed by atoms with Crippen LogP contribution in [0.3, 0.4) is 0 Å². The topological polar surface area (TPSA) is 78.9 Å². The van der Waals surface area contributed by atoms with E-state index in [2.05, 4.69) is 20.8 Å². The summed E-state index contributed by atoms with van der Waals surface area (Å²) in [6, 6.07) is 0. The molecular formula is C65H126O6. The fourth-order valence-electron chi connectivity index (χ4n) is 10.2. The number of hydrogen-bond acceptors (Lipinski definition) is 6. The van der Waals surface area contributed by atoms with Crippen LogP contribution in [0.15, 0.2) is 0 Å². The highest BCUT2D eigenvalue weighted by molar-refractivity contribution is 5.71. The zero-order chi connectivity index (χ0) is 51.4. The molecule has 71 heavy (non-hydrogen) atoms. The minimum absolute atomic E-state index is 0.0608. The molecule has 6 heteroatoms. The summed E-state index contributed by atoms with van der Waals surface area (Å²) in [5.41, 5.74) is 0. The molecule has 0 aromatic carbocycles. The van der Waals surface area contributed by atoms with Crippen LogP contribution in [0.1, 0.15) is 380 Å². The quantitative estimate of drug-likeness (QED) is 0.0343. The zero-order valence-corrected chi connectivity index (χ0v) is 48.5. The summed E-state index contributed by atoms with van der Waals surface area (Å²) in [6.07, 6.45) is 69.8. The van der Waals surface area contributed by atoms with Crippen LogP contribution < -0.4 is 0 Å². The number of unbranched alkanes of at least 4 members (excludes halogenated alkanes) is 50. The minimum atomic E-state index is -0.761. The van der Waals surface area contributed by atoms with E-state index in [1.165, 1.54) is 283 Å². The third-order valence-electron chi connectivity index (χ3n) is 15.1. The minimum Gasteiger partial charge on any atom is -0.462 e. The number of ether oxygens (including phenoxy) is 3. The van der Waals surface area contributed by atoms with Gasteiger partial charge < -0.3 is 14.2 Å². The van der Waals surface area contributed by atoms with Crippen molar-refractivity contribution in [2.75, 3.05) is 13.2 Å². The van der Waals surface area contributed by atoms with Gasteiger partial charge in [0.2, 0.25) is 0 Å². The van der Waals surface area contributed by atoms with E-state index >= 15 is 0 Å². The molecule has 0 heterocycles. The Bertz CT molecular complexity index is 1060. The Morgan fingerprint density at radius 1 is 0.225 bits per heavy atom. The number of carbonyl (C=O) groups excluding carboxylic acids is 3. The fourth-order valence-corrected chi connectivity index (χ4v) is 10.2. The summed E-state index contributed by atoms with van der Waals surface area (Å²) >= 11 is 0. The Balaban J connectivity index is 4.15. The first-order valence-electron chi connectivity index (χ1n) is 32.5. The van der Waals surface area contributed by atoms with Crippen molar-refractivity contribution >= 4 is 17.9 Å². The van der Waals surface area contributed by atoms with Gasteiger partial charge in [-0.2, -0.15) is 0 Å². The maximum absolute atomic E-state index is 12.9. The second kappa shape index (κ2) is 61.0. The highest BCUT2D eigenvalue weighted by Gasteiger charge is 2.19. The second-order valence-electron chi connectivity index (χ2n) is 22.4. The number of rotatable bonds is 61. The van der Waals surface area contributed by atoms with Crippen molar-refractivity contribution in [1.82, 2.24) is 0 Å². The fraction of sp³-hybridized carbons (Fsp3) is 0.954. The third kappa shape index (κ3) is 59.2. The largest absolute Gasteiger partial charge is 0.462 e. The molecular weight excluding hydrogens is 877 g/mol. The van der Waals surface area contributed by atoms with E-state index in [4.69, 9.17) is 14.2 Å². The molecule has 0 spiro atoms. The summed E-state index contributed by atoms with van der Waals surface area (Å²) in [5.74, 6) is -0.828. The van der Waals surface area contributed by atoms with Gasteiger partial charge in [-0.1, -0.05) is 342 Å². The van der Waals surface area contributed by atoms with Crippen molar-refractivity contribution in [1.29, 1.82) is 0 Å². The van der Waals surface area contributed by atoms with Crippen LogP contribution in [-0.4, -0.2) is 37.2 Å². The van der Waals surface area contributed by atoms with E-state index in [9.17, 15) is 14.4 Å². The molecule has 0 N–H and O–H groups in total. The predicted octanol–water partition coefficient (Wildman–Crippen LogP) is 21.9. The normalized spacial score (nSPS) is 11.9. The third-order valence-corrected chi connectivity index (χ3v) is 15.1. The van der Waals surface area contributed by atoms with Crippen LogP contribution in [0.5, 0.6) is 0 Å². The first kappa shape index (κ1) is 69.4. The summed E-state index contributed by atoms with van der Waals surface area (Å²) in [7, 11) is 0. The molecule has 0 saturated carbocycles. The number of esters is 3. The number of carbonyl (C=O) groups is 3. The lowest BCUT2D eigenvalue weighted by molar-refractivity contribution is -0.167. The van der Waals surface area contributed by atoms with Crippen LogP contribution in [0.4, 0.5) is 0 Å². The van der Waals surface area contributed by atoms with Gasteiger partial charge in [0.15, 0.2) is 6.10 Å². The van der Waals surface area contributed by atoms with Crippen molar-refractivity contribution in [3.8, 4) is 0 Å². The van der Waals surface area contributed by atoms with Crippen molar-refractivity contribution in [3.05, 3.63) is 0 Å². The molecule has 0 aromatic heterocycles. The van der Waals surface area contributed by atoms with Gasteiger partial charge in [0.25, 0.3) is 0 Å².